The van der Waals surface area contributed by atoms with E-state index >= 15 is 0 Å². The Kier molecular flexibility index (Phi) is 9.10. The number of aliphatic hydroxyl groups excluding tert-OH is 3. The first kappa shape index (κ1) is 39.0. The predicted octanol–water partition coefficient (Wildman–Crippen LogP) is 3.79. The van der Waals surface area contributed by atoms with Crippen molar-refractivity contribution in [3.05, 3.63) is 52.6 Å². The molecule has 2 aromatic carbocycles. The molecule has 284 valence electrons. The molecule has 0 spiro atoms. The number of anilines is 2. The third-order valence-electron chi connectivity index (χ3n) is 11.7. The van der Waals surface area contributed by atoms with Crippen LogP contribution in [0.4, 0.5) is 42.5 Å². The van der Waals surface area contributed by atoms with Crippen LogP contribution in [0.1, 0.15) is 67.6 Å². The summed E-state index contributed by atoms with van der Waals surface area (Å²) < 4.78 is 79.9. The van der Waals surface area contributed by atoms with Crippen LogP contribution in [0.25, 0.3) is 0 Å². The summed E-state index contributed by atoms with van der Waals surface area (Å²) >= 11 is 0. The second kappa shape index (κ2) is 12.1. The Morgan fingerprint density at radius 2 is 1.46 bits per heavy atom. The number of primary amides is 1. The van der Waals surface area contributed by atoms with Crippen LogP contribution in [-0.2, 0) is 21.9 Å². The number of aromatic hydroxyl groups is 1. The number of benzene rings is 2. The van der Waals surface area contributed by atoms with Crippen molar-refractivity contribution in [2.45, 2.75) is 76.8 Å². The van der Waals surface area contributed by atoms with Gasteiger partial charge in [0.25, 0.3) is 0 Å². The number of phenolic OH excluding ortho intramolecular Hbond substituents is 1. The molecule has 2 unspecified atom stereocenters. The van der Waals surface area contributed by atoms with Crippen LogP contribution in [0.15, 0.2) is 30.3 Å². The molecule has 0 aliphatic heterocycles. The molecule has 2 fully saturated rings. The molecule has 10 atom stereocenters. The minimum absolute atomic E-state index is 0.0685. The molecule has 18 heteroatoms. The van der Waals surface area contributed by atoms with Crippen molar-refractivity contribution < 1.29 is 71.1 Å². The number of nitrogens with one attached hydrogen (secondary N) is 2. The highest BCUT2D eigenvalue weighted by molar-refractivity contribution is 6.11. The van der Waals surface area contributed by atoms with Crippen molar-refractivity contribution in [2.24, 2.45) is 40.2 Å². The number of alkyl halides is 6. The van der Waals surface area contributed by atoms with Gasteiger partial charge in [0.15, 0.2) is 17.2 Å². The van der Waals surface area contributed by atoms with Gasteiger partial charge in [0.1, 0.15) is 17.8 Å². The Hall–Kier alpha value is -4.26. The molecule has 12 nitrogen and oxygen atoms in total. The molecule has 0 aromatic heterocycles. The van der Waals surface area contributed by atoms with Crippen molar-refractivity contribution in [3.8, 4) is 5.75 Å². The zero-order valence-electron chi connectivity index (χ0n) is 28.2. The molecule has 2 saturated carbocycles. The van der Waals surface area contributed by atoms with Crippen LogP contribution in [0.3, 0.4) is 0 Å². The van der Waals surface area contributed by atoms with Gasteiger partial charge in [0.05, 0.1) is 40.5 Å². The second-order valence-corrected chi connectivity index (χ2v) is 14.6. The van der Waals surface area contributed by atoms with Gasteiger partial charge in [-0.3, -0.25) is 14.4 Å². The zero-order chi connectivity index (χ0) is 39.4. The van der Waals surface area contributed by atoms with E-state index in [0.717, 1.165) is 6.07 Å². The van der Waals surface area contributed by atoms with Crippen LogP contribution in [0.5, 0.6) is 5.75 Å². The van der Waals surface area contributed by atoms with Crippen LogP contribution in [0.2, 0.25) is 0 Å². The number of amides is 3. The third-order valence-corrected chi connectivity index (χ3v) is 11.7. The van der Waals surface area contributed by atoms with E-state index in [-0.39, 0.29) is 23.8 Å². The predicted molar refractivity (Wildman–Crippen MR) is 169 cm³/mol. The molecule has 5 rings (SSSR count). The fourth-order valence-corrected chi connectivity index (χ4v) is 9.17. The summed E-state index contributed by atoms with van der Waals surface area (Å²) in [6.07, 6.45) is -16.4. The van der Waals surface area contributed by atoms with Crippen molar-refractivity contribution >= 4 is 34.9 Å². The van der Waals surface area contributed by atoms with Gasteiger partial charge in [-0.15, -0.1) is 0 Å². The van der Waals surface area contributed by atoms with E-state index in [0.29, 0.717) is 0 Å². The Morgan fingerprint density at radius 1 is 0.923 bits per heavy atom. The number of carbonyl (C=O) groups excluding carboxylic acids is 4. The highest BCUT2D eigenvalue weighted by Crippen LogP contribution is 2.68. The van der Waals surface area contributed by atoms with Crippen LogP contribution in [-0.4, -0.2) is 73.0 Å². The number of urea groups is 1. The Morgan fingerprint density at radius 3 is 1.94 bits per heavy atom. The number of Topliss-reactive ketones (excluding diaryl/α,β-unsaturated/α-hetero) is 2. The summed E-state index contributed by atoms with van der Waals surface area (Å²) in [6.45, 7) is 7.39. The van der Waals surface area contributed by atoms with E-state index in [4.69, 9.17) is 5.73 Å². The molecule has 3 amide bonds. The number of hydrogen-bond acceptors (Lipinski definition) is 9. The second-order valence-electron chi connectivity index (χ2n) is 14.6. The van der Waals surface area contributed by atoms with Crippen LogP contribution >= 0.6 is 0 Å². The largest absolute Gasteiger partial charge is 0.505 e. The standard InChI is InChI=1S/C34H37F6N3O9/c1-11(2)20-24(46)19(27(41)49)25(47)32(52)26(48)21-23(45)18-16(12(3)30(21,4)28(50)31(20,32)5)6-7-17(22(18)44)43-29(51)42-15-9-13(33(35,36)37)8-14(10-15)34(38,39)40/h6-12,19-21,24,26,28,44,46,48,50,52H,1-5H3,(H2,41,49)(H2,42,43,51)/t12-,19-,20+,21-,24?,26?,28-,30+,31+,32+/m1/s1. The van der Waals surface area contributed by atoms with Gasteiger partial charge >= 0.3 is 18.4 Å². The van der Waals surface area contributed by atoms with Gasteiger partial charge in [0, 0.05) is 16.5 Å². The highest BCUT2D eigenvalue weighted by atomic mass is 19.4. The number of fused-ring (bicyclic) bond motifs is 3. The lowest BCUT2D eigenvalue weighted by Gasteiger charge is -2.69. The minimum atomic E-state index is -5.21. The lowest BCUT2D eigenvalue weighted by Crippen LogP contribution is -2.83. The van der Waals surface area contributed by atoms with Gasteiger partial charge in [-0.1, -0.05) is 40.7 Å². The molecule has 0 bridgehead atoms. The van der Waals surface area contributed by atoms with Crippen LogP contribution in [0, 0.1) is 34.5 Å². The molecule has 52 heavy (non-hydrogen) atoms. The lowest BCUT2D eigenvalue weighted by atomic mass is 9.36. The maximum atomic E-state index is 14.4. The quantitative estimate of drug-likeness (QED) is 0.130. The number of aliphatic hydroxyl groups is 4. The normalized spacial score (nSPS) is 34.7. The molecule has 2 aromatic rings. The van der Waals surface area contributed by atoms with Gasteiger partial charge in [-0.2, -0.15) is 26.3 Å². The van der Waals surface area contributed by atoms with Crippen molar-refractivity contribution in [2.75, 3.05) is 10.6 Å². The van der Waals surface area contributed by atoms with E-state index in [2.05, 4.69) is 5.32 Å². The average Bonchev–Trinajstić information content (AvgIpc) is 3.01. The molecular formula is C34H37F6N3O9. The van der Waals surface area contributed by atoms with Gasteiger partial charge in [0.2, 0.25) is 5.91 Å². The fourth-order valence-electron chi connectivity index (χ4n) is 9.17. The van der Waals surface area contributed by atoms with E-state index in [1.807, 2.05) is 5.32 Å². The van der Waals surface area contributed by atoms with E-state index in [1.165, 1.54) is 26.8 Å². The molecule has 0 radical (unpaired) electrons. The first-order valence-electron chi connectivity index (χ1n) is 16.1. The molecule has 0 heterocycles. The fraction of sp³-hybridized carbons (Fsp3) is 0.529. The molecule has 3 aliphatic carbocycles. The first-order chi connectivity index (χ1) is 23.7. The Bertz CT molecular complexity index is 1840. The number of hydrogen-bond donors (Lipinski definition) is 8. The smallest absolute Gasteiger partial charge is 0.416 e. The average molecular weight is 746 g/mol. The summed E-state index contributed by atoms with van der Waals surface area (Å²) in [5.41, 5.74) is -6.78. The molecular weight excluding hydrogens is 708 g/mol. The number of carbonyl (C=O) groups is 4. The van der Waals surface area contributed by atoms with Crippen molar-refractivity contribution in [3.63, 3.8) is 0 Å². The SMILES string of the molecule is CC(C)[C@H]1C(O)[C@@H](C(N)=O)C(=O)[C@]2(O)C(O)[C@H]3C(=O)c4c(ccc(NC(=O)Nc5cc(C(F)(F)F)cc(C(F)(F)F)c5)c4O)[C@@H](C)[C@]3(C)[C@@H](O)[C@]12C. The van der Waals surface area contributed by atoms with Crippen molar-refractivity contribution in [1.82, 2.24) is 0 Å². The van der Waals surface area contributed by atoms with Crippen molar-refractivity contribution in [1.29, 1.82) is 0 Å². The lowest BCUT2D eigenvalue weighted by molar-refractivity contribution is -0.306. The number of nitrogens with two attached hydrogens (primary N) is 1. The molecule has 3 aliphatic rings. The molecule has 0 saturated heterocycles. The zero-order valence-corrected chi connectivity index (χ0v) is 28.2. The maximum Gasteiger partial charge on any atom is 0.416 e. The summed E-state index contributed by atoms with van der Waals surface area (Å²) in [5, 5.41) is 62.9. The monoisotopic (exact) mass is 745 g/mol. The number of ketones is 2. The van der Waals surface area contributed by atoms with E-state index in [9.17, 15) is 71.1 Å². The maximum absolute atomic E-state index is 14.4. The summed E-state index contributed by atoms with van der Waals surface area (Å²) in [6, 6.07) is 1.27. The Labute approximate surface area is 292 Å². The highest BCUT2D eigenvalue weighted by Gasteiger charge is 2.80. The Balaban J connectivity index is 1.57. The molecule has 9 N–H and O–H groups in total. The summed E-state index contributed by atoms with van der Waals surface area (Å²) in [5.74, 6) is -11.6. The number of rotatable bonds is 4. The van der Waals surface area contributed by atoms with E-state index in [1.54, 1.807) is 13.8 Å². The first-order valence-corrected chi connectivity index (χ1v) is 16.1. The third kappa shape index (κ3) is 5.28. The number of phenols is 1. The number of halogens is 6. The summed E-state index contributed by atoms with van der Waals surface area (Å²) in [4.78, 5) is 53.5. The van der Waals surface area contributed by atoms with Crippen LogP contribution < -0.4 is 16.4 Å². The van der Waals surface area contributed by atoms with Gasteiger partial charge < -0.3 is 41.9 Å². The topological polar surface area (TPSA) is 220 Å². The minimum Gasteiger partial charge on any atom is -0.505 e. The van der Waals surface area contributed by atoms with Gasteiger partial charge in [-0.25, -0.2) is 4.79 Å². The van der Waals surface area contributed by atoms with E-state index < -0.39 is 134 Å². The van der Waals surface area contributed by atoms with Gasteiger partial charge in [-0.05, 0) is 47.6 Å². The summed E-state index contributed by atoms with van der Waals surface area (Å²) in [7, 11) is 0.